The minimum atomic E-state index is -0.399. The third kappa shape index (κ3) is 2.73. The molecular weight excluding hydrogens is 198 g/mol. The largest absolute Gasteiger partial charge is 0.270 e. The van der Waals surface area contributed by atoms with Gasteiger partial charge in [-0.1, -0.05) is 19.4 Å². The van der Waals surface area contributed by atoms with Crippen molar-refractivity contribution in [2.75, 3.05) is 0 Å². The minimum absolute atomic E-state index is 0.107. The highest BCUT2D eigenvalue weighted by atomic mass is 32.1. The Kier molecular flexibility index (Phi) is 3.95. The Labute approximate surface area is 88.7 Å². The van der Waals surface area contributed by atoms with Crippen LogP contribution in [0.4, 0.5) is 5.69 Å². The first-order valence-electron chi connectivity index (χ1n) is 4.61. The zero-order valence-corrected chi connectivity index (χ0v) is 8.96. The molecule has 14 heavy (non-hydrogen) atoms. The van der Waals surface area contributed by atoms with E-state index in [0.717, 1.165) is 24.8 Å². The summed E-state index contributed by atoms with van der Waals surface area (Å²) in [5.41, 5.74) is 1.19. The van der Waals surface area contributed by atoms with Gasteiger partial charge in [-0.3, -0.25) is 10.1 Å². The Balaban J connectivity index is 2.84. The van der Waals surface area contributed by atoms with Gasteiger partial charge in [0.25, 0.3) is 5.69 Å². The van der Waals surface area contributed by atoms with E-state index in [2.05, 4.69) is 19.6 Å². The van der Waals surface area contributed by atoms with Gasteiger partial charge in [-0.15, -0.1) is 12.6 Å². The molecule has 1 aromatic carbocycles. The molecule has 0 aromatic heterocycles. The number of nitrogens with zero attached hydrogens (tertiary/aromatic N) is 1. The van der Waals surface area contributed by atoms with Crippen LogP contribution in [0.3, 0.4) is 0 Å². The fraction of sp³-hybridized carbons (Fsp3) is 0.400. The molecule has 0 unspecified atom stereocenters. The molecule has 0 atom stereocenters. The number of aryl methyl sites for hydroxylation is 1. The Morgan fingerprint density at radius 2 is 2.21 bits per heavy atom. The molecule has 1 rings (SSSR count). The van der Waals surface area contributed by atoms with Crippen LogP contribution in [0.2, 0.25) is 0 Å². The molecule has 0 aliphatic rings. The Morgan fingerprint density at radius 1 is 1.50 bits per heavy atom. The Morgan fingerprint density at radius 3 is 2.71 bits per heavy atom. The molecule has 0 aliphatic heterocycles. The van der Waals surface area contributed by atoms with Crippen LogP contribution in [0, 0.1) is 10.1 Å². The van der Waals surface area contributed by atoms with Crippen LogP contribution < -0.4 is 0 Å². The first kappa shape index (κ1) is 11.0. The third-order valence-corrected chi connectivity index (χ3v) is 2.50. The number of thiol groups is 1. The van der Waals surface area contributed by atoms with Crippen LogP contribution >= 0.6 is 12.6 Å². The molecule has 0 N–H and O–H groups in total. The van der Waals surface area contributed by atoms with Gasteiger partial charge >= 0.3 is 0 Å². The highest BCUT2D eigenvalue weighted by Gasteiger charge is 2.07. The lowest BCUT2D eigenvalue weighted by molar-refractivity contribution is -0.385. The predicted molar refractivity (Wildman–Crippen MR) is 59.0 cm³/mol. The zero-order chi connectivity index (χ0) is 10.6. The molecular formula is C10H13NO2S. The molecule has 0 spiro atoms. The van der Waals surface area contributed by atoms with Crippen LogP contribution in [0.15, 0.2) is 23.1 Å². The molecule has 0 aliphatic carbocycles. The lowest BCUT2D eigenvalue weighted by Gasteiger charge is -2.03. The summed E-state index contributed by atoms with van der Waals surface area (Å²) in [6.07, 6.45) is 3.14. The Bertz CT molecular complexity index is 339. The molecule has 0 bridgehead atoms. The van der Waals surface area contributed by atoms with E-state index >= 15 is 0 Å². The van der Waals surface area contributed by atoms with Crippen molar-refractivity contribution in [3.63, 3.8) is 0 Å². The first-order chi connectivity index (χ1) is 6.65. The topological polar surface area (TPSA) is 43.1 Å². The van der Waals surface area contributed by atoms with Gasteiger partial charge in [0.1, 0.15) is 0 Å². The molecule has 76 valence electrons. The first-order valence-corrected chi connectivity index (χ1v) is 5.06. The summed E-state index contributed by atoms with van der Waals surface area (Å²) in [6.45, 7) is 2.11. The number of benzene rings is 1. The lowest BCUT2D eigenvalue weighted by atomic mass is 10.1. The summed E-state index contributed by atoms with van der Waals surface area (Å²) in [7, 11) is 0. The number of unbranched alkanes of at least 4 members (excludes halogenated alkanes) is 1. The molecule has 0 saturated carbocycles. The standard InChI is InChI=1S/C10H13NO2S/c1-2-3-4-8-5-6-9(11(12)13)7-10(8)14/h5-7,14H,2-4H2,1H3. The van der Waals surface area contributed by atoms with Crippen molar-refractivity contribution in [2.45, 2.75) is 31.1 Å². The van der Waals surface area contributed by atoms with Crippen LogP contribution in [0.25, 0.3) is 0 Å². The smallest absolute Gasteiger partial charge is 0.258 e. The average molecular weight is 211 g/mol. The average Bonchev–Trinajstić information content (AvgIpc) is 2.15. The lowest BCUT2D eigenvalue weighted by Crippen LogP contribution is -1.91. The van der Waals surface area contributed by atoms with Crippen molar-refractivity contribution in [1.82, 2.24) is 0 Å². The molecule has 1 aromatic rings. The molecule has 0 amide bonds. The molecule has 0 saturated heterocycles. The molecule has 0 fully saturated rings. The summed E-state index contributed by atoms with van der Waals surface area (Å²) in [5.74, 6) is 0. The summed E-state index contributed by atoms with van der Waals surface area (Å²) in [5, 5.41) is 10.5. The van der Waals surface area contributed by atoms with Crippen molar-refractivity contribution in [3.05, 3.63) is 33.9 Å². The van der Waals surface area contributed by atoms with E-state index in [1.807, 2.05) is 0 Å². The van der Waals surface area contributed by atoms with Crippen molar-refractivity contribution >= 4 is 18.3 Å². The second-order valence-corrected chi connectivity index (χ2v) is 3.66. The molecule has 4 heteroatoms. The zero-order valence-electron chi connectivity index (χ0n) is 8.06. The van der Waals surface area contributed by atoms with E-state index in [4.69, 9.17) is 0 Å². The normalized spacial score (nSPS) is 10.1. The van der Waals surface area contributed by atoms with E-state index < -0.39 is 4.92 Å². The summed E-state index contributed by atoms with van der Waals surface area (Å²) in [4.78, 5) is 10.8. The van der Waals surface area contributed by atoms with Gasteiger partial charge in [0.2, 0.25) is 0 Å². The van der Waals surface area contributed by atoms with Crippen molar-refractivity contribution in [2.24, 2.45) is 0 Å². The highest BCUT2D eigenvalue weighted by Crippen LogP contribution is 2.22. The summed E-state index contributed by atoms with van der Waals surface area (Å²) >= 11 is 4.23. The van der Waals surface area contributed by atoms with E-state index in [-0.39, 0.29) is 5.69 Å². The van der Waals surface area contributed by atoms with Crippen molar-refractivity contribution in [1.29, 1.82) is 0 Å². The number of hydrogen-bond donors (Lipinski definition) is 1. The second-order valence-electron chi connectivity index (χ2n) is 3.17. The van der Waals surface area contributed by atoms with Crippen molar-refractivity contribution < 1.29 is 4.92 Å². The van der Waals surface area contributed by atoms with Gasteiger partial charge in [0.15, 0.2) is 0 Å². The van der Waals surface area contributed by atoms with Gasteiger partial charge < -0.3 is 0 Å². The van der Waals surface area contributed by atoms with Gasteiger partial charge in [0.05, 0.1) is 4.92 Å². The number of hydrogen-bond acceptors (Lipinski definition) is 3. The summed E-state index contributed by atoms with van der Waals surface area (Å²) in [6, 6.07) is 4.83. The fourth-order valence-electron chi connectivity index (χ4n) is 1.24. The van der Waals surface area contributed by atoms with Crippen molar-refractivity contribution in [3.8, 4) is 0 Å². The molecule has 0 radical (unpaired) electrons. The van der Waals surface area contributed by atoms with Gasteiger partial charge in [-0.05, 0) is 18.4 Å². The quantitative estimate of drug-likeness (QED) is 0.472. The molecule has 3 nitrogen and oxygen atoms in total. The van der Waals surface area contributed by atoms with Gasteiger partial charge in [-0.2, -0.15) is 0 Å². The van der Waals surface area contributed by atoms with Gasteiger partial charge in [-0.25, -0.2) is 0 Å². The number of nitro groups is 1. The van der Waals surface area contributed by atoms with E-state index in [9.17, 15) is 10.1 Å². The van der Waals surface area contributed by atoms with E-state index in [1.165, 1.54) is 12.1 Å². The summed E-state index contributed by atoms with van der Waals surface area (Å²) < 4.78 is 0. The maximum absolute atomic E-state index is 10.5. The fourth-order valence-corrected chi connectivity index (χ4v) is 1.56. The van der Waals surface area contributed by atoms with Crippen LogP contribution in [0.5, 0.6) is 0 Å². The number of nitro benzene ring substituents is 1. The van der Waals surface area contributed by atoms with Crippen LogP contribution in [-0.2, 0) is 6.42 Å². The monoisotopic (exact) mass is 211 g/mol. The molecule has 0 heterocycles. The SMILES string of the molecule is CCCCc1ccc([N+](=O)[O-])cc1S. The number of rotatable bonds is 4. The minimum Gasteiger partial charge on any atom is -0.258 e. The maximum Gasteiger partial charge on any atom is 0.270 e. The van der Waals surface area contributed by atoms with Crippen LogP contribution in [0.1, 0.15) is 25.3 Å². The number of non-ortho nitro benzene ring substituents is 1. The Hall–Kier alpha value is -1.03. The maximum atomic E-state index is 10.5. The van der Waals surface area contributed by atoms with Crippen LogP contribution in [-0.4, -0.2) is 4.92 Å². The van der Waals surface area contributed by atoms with E-state index in [0.29, 0.717) is 4.90 Å². The third-order valence-electron chi connectivity index (χ3n) is 2.08. The van der Waals surface area contributed by atoms with E-state index in [1.54, 1.807) is 6.07 Å². The predicted octanol–water partition coefficient (Wildman–Crippen LogP) is 3.23. The van der Waals surface area contributed by atoms with Gasteiger partial charge in [0, 0.05) is 17.0 Å². The second kappa shape index (κ2) is 5.00. The highest BCUT2D eigenvalue weighted by molar-refractivity contribution is 7.80.